The summed E-state index contributed by atoms with van der Waals surface area (Å²) in [6.45, 7) is 0. The van der Waals surface area contributed by atoms with Crippen molar-refractivity contribution in [3.8, 4) is 28.3 Å². The fraction of sp³-hybridized carbons (Fsp3) is 0. The summed E-state index contributed by atoms with van der Waals surface area (Å²) in [5.74, 6) is 0.697. The Morgan fingerprint density at radius 2 is 1.07 bits per heavy atom. The zero-order valence-electron chi connectivity index (χ0n) is 23.9. The number of thiophene rings is 2. The van der Waals surface area contributed by atoms with Crippen molar-refractivity contribution in [1.82, 2.24) is 14.5 Å². The third-order valence-electron chi connectivity index (χ3n) is 8.86. The second-order valence-electron chi connectivity index (χ2n) is 11.4. The Balaban J connectivity index is 1.27. The maximum atomic E-state index is 5.42. The fourth-order valence-corrected chi connectivity index (χ4v) is 8.97. The lowest BCUT2D eigenvalue weighted by Crippen LogP contribution is -2.02. The third kappa shape index (κ3) is 3.75. The van der Waals surface area contributed by atoms with Crippen molar-refractivity contribution in [2.45, 2.75) is 0 Å². The van der Waals surface area contributed by atoms with Gasteiger partial charge in [-0.3, -0.25) is 4.57 Å². The molecule has 0 bridgehead atoms. The highest BCUT2D eigenvalue weighted by Crippen LogP contribution is 2.42. The first-order chi connectivity index (χ1) is 22.3. The van der Waals surface area contributed by atoms with Crippen LogP contribution in [0.3, 0.4) is 0 Å². The van der Waals surface area contributed by atoms with Crippen molar-refractivity contribution < 1.29 is 0 Å². The van der Waals surface area contributed by atoms with E-state index in [1.165, 1.54) is 52.2 Å². The Morgan fingerprint density at radius 3 is 1.89 bits per heavy atom. The lowest BCUT2D eigenvalue weighted by molar-refractivity contribution is 1.02. The summed E-state index contributed by atoms with van der Waals surface area (Å²) in [6.07, 6.45) is 0. The van der Waals surface area contributed by atoms with E-state index in [1.54, 1.807) is 11.3 Å². The summed E-state index contributed by atoms with van der Waals surface area (Å²) in [6, 6.07) is 49.9. The molecule has 4 heterocycles. The molecule has 0 amide bonds. The van der Waals surface area contributed by atoms with E-state index in [0.29, 0.717) is 5.95 Å². The van der Waals surface area contributed by atoms with Gasteiger partial charge in [0.1, 0.15) is 4.83 Å². The monoisotopic (exact) mass is 609 g/mol. The Labute approximate surface area is 266 Å². The van der Waals surface area contributed by atoms with Gasteiger partial charge in [-0.15, -0.1) is 22.7 Å². The van der Waals surface area contributed by atoms with Crippen LogP contribution in [0.25, 0.3) is 90.6 Å². The lowest BCUT2D eigenvalue weighted by atomic mass is 10.0. The molecule has 0 atom stereocenters. The van der Waals surface area contributed by atoms with E-state index in [0.717, 1.165) is 32.5 Å². The number of para-hydroxylation sites is 1. The van der Waals surface area contributed by atoms with Gasteiger partial charge in [0.25, 0.3) is 0 Å². The van der Waals surface area contributed by atoms with Gasteiger partial charge in [-0.25, -0.2) is 9.97 Å². The second-order valence-corrected chi connectivity index (χ2v) is 13.5. The molecule has 0 fully saturated rings. The topological polar surface area (TPSA) is 30.7 Å². The largest absolute Gasteiger partial charge is 0.278 e. The van der Waals surface area contributed by atoms with Gasteiger partial charge in [0.05, 0.1) is 16.7 Å². The molecular formula is C40H23N3S2. The first kappa shape index (κ1) is 25.0. The molecule has 5 heteroatoms. The van der Waals surface area contributed by atoms with E-state index in [2.05, 4.69) is 144 Å². The maximum Gasteiger partial charge on any atom is 0.236 e. The number of nitrogens with zero attached hydrogens (tertiary/aromatic N) is 3. The highest BCUT2D eigenvalue weighted by molar-refractivity contribution is 7.26. The predicted octanol–water partition coefficient (Wildman–Crippen LogP) is 11.6. The van der Waals surface area contributed by atoms with Crippen LogP contribution in [0.5, 0.6) is 0 Å². The van der Waals surface area contributed by atoms with Crippen molar-refractivity contribution in [3.63, 3.8) is 0 Å². The molecule has 0 aliphatic rings. The number of hydrogen-bond donors (Lipinski definition) is 0. The SMILES string of the molecule is c1ccc(-c2ccc(-c3nc(-n4c5ccccc5c5cc6c(cc54)sc4ccccc46)nc4sc5ccccc5c34)cc2)cc1. The van der Waals surface area contributed by atoms with E-state index >= 15 is 0 Å². The molecule has 210 valence electrons. The van der Waals surface area contributed by atoms with E-state index in [1.807, 2.05) is 11.3 Å². The van der Waals surface area contributed by atoms with Crippen LogP contribution in [0.15, 0.2) is 140 Å². The highest BCUT2D eigenvalue weighted by Gasteiger charge is 2.21. The Hall–Kier alpha value is -5.36. The van der Waals surface area contributed by atoms with Crippen LogP contribution in [0.4, 0.5) is 0 Å². The fourth-order valence-electron chi connectivity index (χ4n) is 6.77. The molecule has 0 saturated heterocycles. The van der Waals surface area contributed by atoms with Crippen molar-refractivity contribution >= 4 is 85.0 Å². The quantitative estimate of drug-likeness (QED) is 0.199. The van der Waals surface area contributed by atoms with E-state index < -0.39 is 0 Å². The van der Waals surface area contributed by atoms with Gasteiger partial charge in [0.2, 0.25) is 5.95 Å². The first-order valence-corrected chi connectivity index (χ1v) is 16.6. The van der Waals surface area contributed by atoms with Crippen LogP contribution in [-0.4, -0.2) is 14.5 Å². The van der Waals surface area contributed by atoms with Gasteiger partial charge >= 0.3 is 0 Å². The van der Waals surface area contributed by atoms with Gasteiger partial charge in [-0.1, -0.05) is 109 Å². The molecule has 10 aromatic rings. The van der Waals surface area contributed by atoms with Crippen molar-refractivity contribution in [3.05, 3.63) is 140 Å². The minimum absolute atomic E-state index is 0.697. The minimum Gasteiger partial charge on any atom is -0.278 e. The zero-order valence-corrected chi connectivity index (χ0v) is 25.6. The van der Waals surface area contributed by atoms with Crippen molar-refractivity contribution in [1.29, 1.82) is 0 Å². The number of hydrogen-bond acceptors (Lipinski definition) is 4. The third-order valence-corrected chi connectivity index (χ3v) is 11.1. The number of fused-ring (bicyclic) bond motifs is 9. The van der Waals surface area contributed by atoms with E-state index in [4.69, 9.17) is 9.97 Å². The van der Waals surface area contributed by atoms with Gasteiger partial charge in [-0.05, 0) is 41.5 Å². The van der Waals surface area contributed by atoms with Crippen LogP contribution in [0.2, 0.25) is 0 Å². The summed E-state index contributed by atoms with van der Waals surface area (Å²) < 4.78 is 6.06. The minimum atomic E-state index is 0.697. The van der Waals surface area contributed by atoms with Crippen LogP contribution in [0, 0.1) is 0 Å². The van der Waals surface area contributed by atoms with Crippen LogP contribution in [-0.2, 0) is 0 Å². The Bertz CT molecular complexity index is 2750. The summed E-state index contributed by atoms with van der Waals surface area (Å²) in [5.41, 5.74) is 6.67. The summed E-state index contributed by atoms with van der Waals surface area (Å²) >= 11 is 3.58. The zero-order chi connectivity index (χ0) is 29.5. The van der Waals surface area contributed by atoms with Crippen LogP contribution >= 0.6 is 22.7 Å². The molecule has 4 aromatic heterocycles. The molecule has 45 heavy (non-hydrogen) atoms. The first-order valence-electron chi connectivity index (χ1n) is 15.0. The number of rotatable bonds is 3. The Kier molecular flexibility index (Phi) is 5.32. The van der Waals surface area contributed by atoms with E-state index in [9.17, 15) is 0 Å². The molecule has 6 aromatic carbocycles. The molecule has 10 rings (SSSR count). The van der Waals surface area contributed by atoms with Crippen LogP contribution < -0.4 is 0 Å². The molecule has 0 radical (unpaired) electrons. The standard InChI is InChI=1S/C40H23N3S2/c1-2-10-24(11-3-1)25-18-20-26(21-19-25)38-37-29-14-6-9-17-35(29)45-39(37)42-40(41-38)43-32-15-7-4-12-27(32)30-22-31-28-13-5-8-16-34(28)44-36(31)23-33(30)43/h1-23H. The molecule has 0 spiro atoms. The normalized spacial score (nSPS) is 12.0. The van der Waals surface area contributed by atoms with Crippen LogP contribution in [0.1, 0.15) is 0 Å². The summed E-state index contributed by atoms with van der Waals surface area (Å²) in [5, 5.41) is 7.33. The molecule has 0 unspecified atom stereocenters. The Morgan fingerprint density at radius 1 is 0.422 bits per heavy atom. The average Bonchev–Trinajstić information content (AvgIpc) is 3.76. The van der Waals surface area contributed by atoms with Gasteiger partial charge in [0, 0.05) is 52.0 Å². The molecule has 0 saturated carbocycles. The lowest BCUT2D eigenvalue weighted by Gasteiger charge is -2.11. The molecule has 3 nitrogen and oxygen atoms in total. The van der Waals surface area contributed by atoms with E-state index in [-0.39, 0.29) is 0 Å². The molecule has 0 N–H and O–H groups in total. The van der Waals surface area contributed by atoms with Gasteiger partial charge in [0.15, 0.2) is 0 Å². The molecule has 0 aliphatic carbocycles. The predicted molar refractivity (Wildman–Crippen MR) is 193 cm³/mol. The number of benzene rings is 6. The highest BCUT2D eigenvalue weighted by atomic mass is 32.1. The van der Waals surface area contributed by atoms with Crippen molar-refractivity contribution in [2.75, 3.05) is 0 Å². The van der Waals surface area contributed by atoms with Gasteiger partial charge < -0.3 is 0 Å². The molecular weight excluding hydrogens is 587 g/mol. The summed E-state index contributed by atoms with van der Waals surface area (Å²) in [4.78, 5) is 11.7. The smallest absolute Gasteiger partial charge is 0.236 e. The molecule has 0 aliphatic heterocycles. The summed E-state index contributed by atoms with van der Waals surface area (Å²) in [7, 11) is 0. The number of aromatic nitrogens is 3. The maximum absolute atomic E-state index is 5.42. The second kappa shape index (κ2) is 9.57. The van der Waals surface area contributed by atoms with Gasteiger partial charge in [-0.2, -0.15) is 0 Å². The average molecular weight is 610 g/mol. The van der Waals surface area contributed by atoms with Crippen molar-refractivity contribution in [2.24, 2.45) is 0 Å².